The molecule has 37 heavy (non-hydrogen) atoms. The highest BCUT2D eigenvalue weighted by Crippen LogP contribution is 2.33. The zero-order valence-corrected chi connectivity index (χ0v) is 19.4. The number of rotatable bonds is 1. The average Bonchev–Trinajstić information content (AvgIpc) is 3.27. The zero-order chi connectivity index (χ0) is 24.7. The van der Waals surface area contributed by atoms with E-state index in [0.717, 1.165) is 27.5 Å². The molecule has 3 heterocycles. The summed E-state index contributed by atoms with van der Waals surface area (Å²) in [5, 5.41) is 3.97. The van der Waals surface area contributed by atoms with Gasteiger partial charge in [-0.25, -0.2) is 0 Å². The molecule has 0 saturated heterocycles. The van der Waals surface area contributed by atoms with E-state index in [0.29, 0.717) is 43.9 Å². The van der Waals surface area contributed by atoms with E-state index in [-0.39, 0.29) is 10.9 Å². The van der Waals surface area contributed by atoms with Crippen LogP contribution in [-0.2, 0) is 0 Å². The van der Waals surface area contributed by atoms with Gasteiger partial charge in [-0.05, 0) is 42.5 Å². The van der Waals surface area contributed by atoms with Gasteiger partial charge in [-0.3, -0.25) is 9.59 Å². The molecule has 5 nitrogen and oxygen atoms in total. The second kappa shape index (κ2) is 7.18. The first-order valence-electron chi connectivity index (χ1n) is 12.0. The molecule has 0 aliphatic rings. The van der Waals surface area contributed by atoms with Gasteiger partial charge < -0.3 is 13.4 Å². The lowest BCUT2D eigenvalue weighted by atomic mass is 10.1. The molecule has 0 bridgehead atoms. The molecule has 0 unspecified atom stereocenters. The molecular weight excluding hydrogens is 462 g/mol. The predicted molar refractivity (Wildman–Crippen MR) is 148 cm³/mol. The SMILES string of the molecule is O=c1c2ccccc2oc2cc3oc4cc(-n5c6ccccc6c6ccccc65)ccc4c(=O)c3cc12. The number of aromatic nitrogens is 1. The van der Waals surface area contributed by atoms with E-state index in [9.17, 15) is 9.59 Å². The van der Waals surface area contributed by atoms with Crippen LogP contribution < -0.4 is 10.9 Å². The first-order valence-corrected chi connectivity index (χ1v) is 12.0. The Balaban J connectivity index is 1.44. The Labute approximate surface area is 208 Å². The number of hydrogen-bond donors (Lipinski definition) is 0. The third-order valence-corrected chi connectivity index (χ3v) is 7.19. The highest BCUT2D eigenvalue weighted by molar-refractivity contribution is 6.09. The van der Waals surface area contributed by atoms with Crippen LogP contribution in [0, 0.1) is 0 Å². The molecule has 8 rings (SSSR count). The highest BCUT2D eigenvalue weighted by Gasteiger charge is 2.16. The highest BCUT2D eigenvalue weighted by atomic mass is 16.3. The minimum absolute atomic E-state index is 0.167. The molecule has 5 aromatic carbocycles. The lowest BCUT2D eigenvalue weighted by Gasteiger charge is -2.09. The van der Waals surface area contributed by atoms with Gasteiger partial charge >= 0.3 is 0 Å². The fourth-order valence-corrected chi connectivity index (χ4v) is 5.48. The molecule has 0 aliphatic carbocycles. The van der Waals surface area contributed by atoms with Crippen LogP contribution in [0.5, 0.6) is 0 Å². The number of hydrogen-bond acceptors (Lipinski definition) is 4. The Morgan fingerprint density at radius 2 is 0.946 bits per heavy atom. The summed E-state index contributed by atoms with van der Waals surface area (Å²) in [4.78, 5) is 26.6. The smallest absolute Gasteiger partial charge is 0.200 e. The maximum Gasteiger partial charge on any atom is 0.200 e. The van der Waals surface area contributed by atoms with Crippen LogP contribution in [0.2, 0.25) is 0 Å². The van der Waals surface area contributed by atoms with Crippen molar-refractivity contribution in [1.29, 1.82) is 0 Å². The number of fused-ring (bicyclic) bond motifs is 7. The molecule has 0 N–H and O–H groups in total. The molecule has 8 aromatic rings. The Bertz CT molecular complexity index is 2300. The van der Waals surface area contributed by atoms with Crippen LogP contribution in [0.15, 0.2) is 122 Å². The van der Waals surface area contributed by atoms with E-state index in [1.807, 2.05) is 42.5 Å². The van der Waals surface area contributed by atoms with Crippen LogP contribution in [0.1, 0.15) is 0 Å². The summed E-state index contributed by atoms with van der Waals surface area (Å²) in [6, 6.07) is 32.5. The van der Waals surface area contributed by atoms with Gasteiger partial charge in [0.1, 0.15) is 22.3 Å². The second-order valence-corrected chi connectivity index (χ2v) is 9.25. The van der Waals surface area contributed by atoms with Crippen LogP contribution >= 0.6 is 0 Å². The normalized spacial score (nSPS) is 12.0. The minimum Gasteiger partial charge on any atom is -0.456 e. The fourth-order valence-electron chi connectivity index (χ4n) is 5.48. The molecule has 3 aromatic heterocycles. The van der Waals surface area contributed by atoms with Gasteiger partial charge in [-0.1, -0.05) is 48.5 Å². The van der Waals surface area contributed by atoms with Gasteiger partial charge in [0, 0.05) is 28.6 Å². The number of nitrogens with zero attached hydrogens (tertiary/aromatic N) is 1. The van der Waals surface area contributed by atoms with Crippen LogP contribution in [0.4, 0.5) is 0 Å². The third kappa shape index (κ3) is 2.74. The largest absolute Gasteiger partial charge is 0.456 e. The van der Waals surface area contributed by atoms with Crippen molar-refractivity contribution in [3.8, 4) is 5.69 Å². The minimum atomic E-state index is -0.181. The van der Waals surface area contributed by atoms with E-state index in [4.69, 9.17) is 8.83 Å². The fraction of sp³-hybridized carbons (Fsp3) is 0. The third-order valence-electron chi connectivity index (χ3n) is 7.19. The summed E-state index contributed by atoms with van der Waals surface area (Å²) in [5.74, 6) is 0. The van der Waals surface area contributed by atoms with E-state index in [2.05, 4.69) is 28.8 Å². The molecule has 0 radical (unpaired) electrons. The summed E-state index contributed by atoms with van der Waals surface area (Å²) in [5.41, 5.74) is 4.43. The monoisotopic (exact) mass is 479 g/mol. The lowest BCUT2D eigenvalue weighted by Crippen LogP contribution is -2.06. The second-order valence-electron chi connectivity index (χ2n) is 9.25. The maximum atomic E-state index is 13.5. The quantitative estimate of drug-likeness (QED) is 0.232. The summed E-state index contributed by atoms with van der Waals surface area (Å²) >= 11 is 0. The van der Waals surface area contributed by atoms with Crippen LogP contribution in [-0.4, -0.2) is 4.57 Å². The molecule has 0 spiro atoms. The van der Waals surface area contributed by atoms with Crippen molar-refractivity contribution < 1.29 is 8.83 Å². The Morgan fingerprint density at radius 3 is 1.62 bits per heavy atom. The Kier molecular flexibility index (Phi) is 3.90. The van der Waals surface area contributed by atoms with Gasteiger partial charge in [0.15, 0.2) is 0 Å². The maximum absolute atomic E-state index is 13.5. The van der Waals surface area contributed by atoms with Gasteiger partial charge in [0.2, 0.25) is 10.9 Å². The van der Waals surface area contributed by atoms with Crippen LogP contribution in [0.25, 0.3) is 71.4 Å². The molecule has 0 fully saturated rings. The Morgan fingerprint density at radius 1 is 0.432 bits per heavy atom. The first kappa shape index (κ1) is 20.1. The van der Waals surface area contributed by atoms with E-state index < -0.39 is 0 Å². The van der Waals surface area contributed by atoms with Crippen molar-refractivity contribution in [3.63, 3.8) is 0 Å². The summed E-state index contributed by atoms with van der Waals surface area (Å²) in [7, 11) is 0. The number of benzene rings is 5. The molecule has 0 atom stereocenters. The Hall–Kier alpha value is -5.16. The van der Waals surface area contributed by atoms with E-state index >= 15 is 0 Å². The molecule has 5 heteroatoms. The van der Waals surface area contributed by atoms with E-state index in [1.165, 1.54) is 0 Å². The number of para-hydroxylation sites is 3. The van der Waals surface area contributed by atoms with Gasteiger partial charge in [0.25, 0.3) is 0 Å². The lowest BCUT2D eigenvalue weighted by molar-refractivity contribution is 0.646. The average molecular weight is 479 g/mol. The molecule has 0 aliphatic heterocycles. The van der Waals surface area contributed by atoms with Crippen LogP contribution in [0.3, 0.4) is 0 Å². The van der Waals surface area contributed by atoms with Crippen molar-refractivity contribution >= 4 is 65.7 Å². The summed E-state index contributed by atoms with van der Waals surface area (Å²) in [6.07, 6.45) is 0. The zero-order valence-electron chi connectivity index (χ0n) is 19.4. The molecule has 0 saturated carbocycles. The molecule has 0 amide bonds. The molecule has 174 valence electrons. The van der Waals surface area contributed by atoms with E-state index in [1.54, 1.807) is 36.4 Å². The van der Waals surface area contributed by atoms with Crippen molar-refractivity contribution in [2.45, 2.75) is 0 Å². The van der Waals surface area contributed by atoms with Crippen molar-refractivity contribution in [3.05, 3.63) is 124 Å². The van der Waals surface area contributed by atoms with Crippen molar-refractivity contribution in [2.24, 2.45) is 0 Å². The topological polar surface area (TPSA) is 65.3 Å². The van der Waals surface area contributed by atoms with Crippen molar-refractivity contribution in [1.82, 2.24) is 4.57 Å². The predicted octanol–water partition coefficient (Wildman–Crippen LogP) is 7.30. The molecular formula is C32H17NO4. The van der Waals surface area contributed by atoms with Gasteiger partial charge in [0.05, 0.1) is 32.6 Å². The summed E-state index contributed by atoms with van der Waals surface area (Å²) < 4.78 is 14.5. The first-order chi connectivity index (χ1) is 18.2. The van der Waals surface area contributed by atoms with Gasteiger partial charge in [-0.2, -0.15) is 0 Å². The summed E-state index contributed by atoms with van der Waals surface area (Å²) in [6.45, 7) is 0. The standard InChI is InChI=1S/C32H17NO4/c34-31-21-9-3-6-12-27(21)36-29-17-30-24(16-23(29)31)32(35)22-14-13-18(15-28(22)37-30)33-25-10-4-1-7-19(25)20-8-2-5-11-26(20)33/h1-17H. The van der Waals surface area contributed by atoms with Crippen molar-refractivity contribution in [2.75, 3.05) is 0 Å². The van der Waals surface area contributed by atoms with Gasteiger partial charge in [-0.15, -0.1) is 0 Å².